The molecule has 1 atom stereocenters. The summed E-state index contributed by atoms with van der Waals surface area (Å²) in [5, 5.41) is 10.4. The Morgan fingerprint density at radius 3 is 2.28 bits per heavy atom. The van der Waals surface area contributed by atoms with Gasteiger partial charge < -0.3 is 5.11 Å². The molecule has 0 heterocycles. The van der Waals surface area contributed by atoms with Crippen molar-refractivity contribution in [1.29, 1.82) is 0 Å². The van der Waals surface area contributed by atoms with Gasteiger partial charge in [-0.05, 0) is 36.4 Å². The van der Waals surface area contributed by atoms with Crippen LogP contribution in [-0.2, 0) is 16.6 Å². The predicted molar refractivity (Wildman–Crippen MR) is 79.8 cm³/mol. The predicted octanol–water partition coefficient (Wildman–Crippen LogP) is 4.51. The van der Waals surface area contributed by atoms with E-state index in [1.54, 1.807) is 12.1 Å². The van der Waals surface area contributed by atoms with Gasteiger partial charge in [-0.3, -0.25) is 0 Å². The van der Waals surface area contributed by atoms with Crippen LogP contribution in [0.15, 0.2) is 47.4 Å². The molecule has 0 aromatic heterocycles. The smallest absolute Gasteiger partial charge is 0.155 e. The Bertz CT molecular complexity index is 540. The standard InChI is InChI=1S/C14H12Cl2OS/c1-18(12-5-3-11(17)4-6-12)9-10-2-7-13(15)14(16)8-10/h2-8H,9H2,1H3/p+1. The molecule has 2 aromatic rings. The fourth-order valence-electron chi connectivity index (χ4n) is 1.64. The third kappa shape index (κ3) is 3.35. The minimum Gasteiger partial charge on any atom is -0.508 e. The number of benzene rings is 2. The van der Waals surface area contributed by atoms with Gasteiger partial charge in [0.25, 0.3) is 0 Å². The van der Waals surface area contributed by atoms with Gasteiger partial charge in [0.1, 0.15) is 17.8 Å². The molecule has 0 amide bonds. The van der Waals surface area contributed by atoms with Crippen molar-refractivity contribution in [1.82, 2.24) is 0 Å². The van der Waals surface area contributed by atoms with Gasteiger partial charge in [0.15, 0.2) is 4.90 Å². The van der Waals surface area contributed by atoms with E-state index >= 15 is 0 Å². The fraction of sp³-hybridized carbons (Fsp3) is 0.143. The fourth-order valence-corrected chi connectivity index (χ4v) is 3.41. The SMILES string of the molecule is C[S+](Cc1ccc(Cl)c(Cl)c1)c1ccc(O)cc1. The summed E-state index contributed by atoms with van der Waals surface area (Å²) in [7, 11) is 0.0796. The maximum atomic E-state index is 9.27. The number of rotatable bonds is 3. The van der Waals surface area contributed by atoms with E-state index in [1.165, 1.54) is 10.5 Å². The van der Waals surface area contributed by atoms with E-state index in [1.807, 2.05) is 30.3 Å². The van der Waals surface area contributed by atoms with Crippen molar-refractivity contribution in [3.05, 3.63) is 58.1 Å². The molecule has 0 saturated heterocycles. The zero-order valence-corrected chi connectivity index (χ0v) is 12.2. The Morgan fingerprint density at radius 2 is 1.67 bits per heavy atom. The number of aromatic hydroxyl groups is 1. The molecule has 0 bridgehead atoms. The first-order valence-corrected chi connectivity index (χ1v) is 7.97. The molecule has 2 aromatic carbocycles. The molecule has 0 aliphatic carbocycles. The Balaban J connectivity index is 2.13. The third-order valence-electron chi connectivity index (χ3n) is 2.61. The first-order valence-electron chi connectivity index (χ1n) is 5.42. The highest BCUT2D eigenvalue weighted by atomic mass is 35.5. The van der Waals surface area contributed by atoms with Crippen LogP contribution in [0.4, 0.5) is 0 Å². The topological polar surface area (TPSA) is 20.2 Å². The van der Waals surface area contributed by atoms with E-state index in [0.717, 1.165) is 5.75 Å². The minimum absolute atomic E-state index is 0.0796. The first-order chi connectivity index (χ1) is 8.56. The highest BCUT2D eigenvalue weighted by Crippen LogP contribution is 2.25. The number of hydrogen-bond acceptors (Lipinski definition) is 1. The van der Waals surface area contributed by atoms with Crippen LogP contribution in [0.3, 0.4) is 0 Å². The second kappa shape index (κ2) is 5.87. The monoisotopic (exact) mass is 299 g/mol. The second-order valence-electron chi connectivity index (χ2n) is 4.02. The average Bonchev–Trinajstić information content (AvgIpc) is 2.34. The summed E-state index contributed by atoms with van der Waals surface area (Å²) in [6.45, 7) is 0. The van der Waals surface area contributed by atoms with Crippen molar-refractivity contribution in [3.63, 3.8) is 0 Å². The second-order valence-corrected chi connectivity index (χ2v) is 6.87. The summed E-state index contributed by atoms with van der Waals surface area (Å²) in [5.74, 6) is 1.21. The summed E-state index contributed by atoms with van der Waals surface area (Å²) in [6, 6.07) is 13.1. The van der Waals surface area contributed by atoms with Gasteiger partial charge in [0, 0.05) is 16.5 Å². The highest BCUT2D eigenvalue weighted by molar-refractivity contribution is 7.95. The van der Waals surface area contributed by atoms with Gasteiger partial charge >= 0.3 is 0 Å². The number of halogens is 2. The van der Waals surface area contributed by atoms with Crippen molar-refractivity contribution < 1.29 is 5.11 Å². The lowest BCUT2D eigenvalue weighted by Gasteiger charge is -2.05. The summed E-state index contributed by atoms with van der Waals surface area (Å²) >= 11 is 11.9. The molecule has 94 valence electrons. The maximum Gasteiger partial charge on any atom is 0.155 e. The molecular weight excluding hydrogens is 287 g/mol. The normalized spacial score (nSPS) is 12.4. The maximum absolute atomic E-state index is 9.27. The van der Waals surface area contributed by atoms with Gasteiger partial charge in [0.2, 0.25) is 0 Å². The van der Waals surface area contributed by atoms with E-state index in [0.29, 0.717) is 15.8 Å². The molecule has 1 nitrogen and oxygen atoms in total. The largest absolute Gasteiger partial charge is 0.508 e. The number of phenolic OH excluding ortho intramolecular Hbond substituents is 1. The quantitative estimate of drug-likeness (QED) is 0.827. The molecule has 18 heavy (non-hydrogen) atoms. The van der Waals surface area contributed by atoms with Crippen molar-refractivity contribution in [2.75, 3.05) is 6.26 Å². The van der Waals surface area contributed by atoms with Crippen molar-refractivity contribution in [3.8, 4) is 5.75 Å². The molecule has 0 saturated carbocycles. The molecular formula is C14H13Cl2OS+. The van der Waals surface area contributed by atoms with E-state index in [9.17, 15) is 5.11 Å². The lowest BCUT2D eigenvalue weighted by molar-refractivity contribution is 0.475. The van der Waals surface area contributed by atoms with Crippen LogP contribution >= 0.6 is 23.2 Å². The average molecular weight is 300 g/mol. The summed E-state index contributed by atoms with van der Waals surface area (Å²) < 4.78 is 0. The van der Waals surface area contributed by atoms with Crippen LogP contribution in [-0.4, -0.2) is 11.4 Å². The Hall–Kier alpha value is -0.830. The van der Waals surface area contributed by atoms with Gasteiger partial charge in [-0.1, -0.05) is 29.3 Å². The molecule has 0 aliphatic heterocycles. The summed E-state index contributed by atoms with van der Waals surface area (Å²) in [5.41, 5.74) is 1.17. The highest BCUT2D eigenvalue weighted by Gasteiger charge is 2.16. The molecule has 1 N–H and O–H groups in total. The van der Waals surface area contributed by atoms with Crippen molar-refractivity contribution in [2.45, 2.75) is 10.6 Å². The lowest BCUT2D eigenvalue weighted by Crippen LogP contribution is -2.03. The van der Waals surface area contributed by atoms with Crippen LogP contribution in [0.2, 0.25) is 10.0 Å². The van der Waals surface area contributed by atoms with E-state index in [4.69, 9.17) is 23.2 Å². The Labute approximate surface area is 120 Å². The van der Waals surface area contributed by atoms with Crippen LogP contribution in [0.5, 0.6) is 5.75 Å². The molecule has 4 heteroatoms. The molecule has 0 aliphatic rings. The van der Waals surface area contributed by atoms with Crippen molar-refractivity contribution >= 4 is 34.1 Å². The van der Waals surface area contributed by atoms with E-state index in [2.05, 4.69) is 6.26 Å². The third-order valence-corrected chi connectivity index (χ3v) is 5.19. The summed E-state index contributed by atoms with van der Waals surface area (Å²) in [6.07, 6.45) is 2.18. The van der Waals surface area contributed by atoms with Gasteiger partial charge in [-0.25, -0.2) is 0 Å². The Morgan fingerprint density at radius 1 is 1.00 bits per heavy atom. The lowest BCUT2D eigenvalue weighted by atomic mass is 10.2. The van der Waals surface area contributed by atoms with Crippen LogP contribution in [0.25, 0.3) is 0 Å². The zero-order valence-electron chi connectivity index (χ0n) is 9.86. The van der Waals surface area contributed by atoms with E-state index < -0.39 is 0 Å². The van der Waals surface area contributed by atoms with Crippen molar-refractivity contribution in [2.24, 2.45) is 0 Å². The van der Waals surface area contributed by atoms with Gasteiger partial charge in [-0.2, -0.15) is 0 Å². The van der Waals surface area contributed by atoms with Crippen LogP contribution in [0, 0.1) is 0 Å². The number of phenols is 1. The molecule has 2 rings (SSSR count). The van der Waals surface area contributed by atoms with Crippen LogP contribution in [0.1, 0.15) is 5.56 Å². The molecule has 0 spiro atoms. The molecule has 0 radical (unpaired) electrons. The molecule has 0 fully saturated rings. The number of hydrogen-bond donors (Lipinski definition) is 1. The zero-order chi connectivity index (χ0) is 13.1. The van der Waals surface area contributed by atoms with Gasteiger partial charge in [0.05, 0.1) is 10.0 Å². The molecule has 1 unspecified atom stereocenters. The van der Waals surface area contributed by atoms with Gasteiger partial charge in [-0.15, -0.1) is 0 Å². The van der Waals surface area contributed by atoms with Crippen LogP contribution < -0.4 is 0 Å². The Kier molecular flexibility index (Phi) is 4.44. The summed E-state index contributed by atoms with van der Waals surface area (Å²) in [4.78, 5) is 1.22. The first kappa shape index (κ1) is 13.6. The van der Waals surface area contributed by atoms with E-state index in [-0.39, 0.29) is 10.9 Å². The minimum atomic E-state index is 0.0796.